The van der Waals surface area contributed by atoms with E-state index >= 15 is 0 Å². The monoisotopic (exact) mass is 155 g/mol. The molecular formula is C8H13NO2. The lowest BCUT2D eigenvalue weighted by Gasteiger charge is -2.07. The summed E-state index contributed by atoms with van der Waals surface area (Å²) in [6.45, 7) is 1.95. The van der Waals surface area contributed by atoms with Crippen LogP contribution in [-0.4, -0.2) is 11.1 Å². The van der Waals surface area contributed by atoms with Gasteiger partial charge in [0.15, 0.2) is 0 Å². The van der Waals surface area contributed by atoms with Crippen molar-refractivity contribution >= 4 is 5.97 Å². The number of hydrogen-bond donors (Lipinski definition) is 1. The van der Waals surface area contributed by atoms with E-state index in [1.165, 1.54) is 0 Å². The molecule has 0 bridgehead atoms. The first-order valence-electron chi connectivity index (χ1n) is 3.82. The predicted molar refractivity (Wildman–Crippen MR) is 40.9 cm³/mol. The molecule has 11 heavy (non-hydrogen) atoms. The highest BCUT2D eigenvalue weighted by molar-refractivity contribution is 5.69. The average molecular weight is 155 g/mol. The molecule has 62 valence electrons. The van der Waals surface area contributed by atoms with Gasteiger partial charge in [0.05, 0.1) is 12.0 Å². The van der Waals surface area contributed by atoms with Crippen molar-refractivity contribution in [2.45, 2.75) is 32.6 Å². The molecule has 3 heteroatoms. The van der Waals surface area contributed by atoms with Gasteiger partial charge in [-0.05, 0) is 12.8 Å². The van der Waals surface area contributed by atoms with Gasteiger partial charge >= 0.3 is 5.97 Å². The van der Waals surface area contributed by atoms with Crippen LogP contribution in [0.5, 0.6) is 0 Å². The lowest BCUT2D eigenvalue weighted by molar-refractivity contribution is -0.142. The number of aliphatic carboxylic acids is 1. The normalized spacial score (nSPS) is 12.0. The number of carboxylic acid groups (broad SMARTS) is 1. The first kappa shape index (κ1) is 9.96. The molecule has 0 aromatic heterocycles. The Morgan fingerprint density at radius 2 is 2.27 bits per heavy atom. The van der Waals surface area contributed by atoms with E-state index in [4.69, 9.17) is 10.4 Å². The third kappa shape index (κ3) is 4.38. The molecule has 0 radical (unpaired) electrons. The van der Waals surface area contributed by atoms with E-state index in [2.05, 4.69) is 0 Å². The predicted octanol–water partition coefficient (Wildman–Crippen LogP) is 1.79. The summed E-state index contributed by atoms with van der Waals surface area (Å²) in [4.78, 5) is 10.5. The molecule has 0 aliphatic rings. The van der Waals surface area contributed by atoms with Crippen LogP contribution in [0.15, 0.2) is 0 Å². The molecule has 0 amide bonds. The zero-order valence-corrected chi connectivity index (χ0v) is 6.71. The minimum absolute atomic E-state index is 0.320. The van der Waals surface area contributed by atoms with Gasteiger partial charge < -0.3 is 5.11 Å². The molecule has 0 aromatic rings. The summed E-state index contributed by atoms with van der Waals surface area (Å²) in [6.07, 6.45) is 2.37. The van der Waals surface area contributed by atoms with Crippen LogP contribution in [-0.2, 0) is 4.79 Å². The summed E-state index contributed by atoms with van der Waals surface area (Å²) in [7, 11) is 0. The fourth-order valence-electron chi connectivity index (χ4n) is 0.979. The van der Waals surface area contributed by atoms with Crippen molar-refractivity contribution in [3.8, 4) is 6.07 Å². The highest BCUT2D eigenvalue weighted by atomic mass is 16.4. The number of carboxylic acids is 1. The second-order valence-corrected chi connectivity index (χ2v) is 2.52. The Morgan fingerprint density at radius 1 is 1.64 bits per heavy atom. The standard InChI is InChI=1S/C8H13NO2/c1-2-4-7(8(10)11)5-3-6-9/h7H,2-5H2,1H3,(H,10,11). The van der Waals surface area contributed by atoms with Crippen molar-refractivity contribution in [2.75, 3.05) is 0 Å². The van der Waals surface area contributed by atoms with Gasteiger partial charge in [0.2, 0.25) is 0 Å². The smallest absolute Gasteiger partial charge is 0.306 e. The van der Waals surface area contributed by atoms with Gasteiger partial charge in [0.25, 0.3) is 0 Å². The molecule has 0 rings (SSSR count). The molecule has 0 heterocycles. The Balaban J connectivity index is 3.71. The van der Waals surface area contributed by atoms with E-state index in [1.54, 1.807) is 0 Å². The maximum absolute atomic E-state index is 10.5. The van der Waals surface area contributed by atoms with Gasteiger partial charge in [0, 0.05) is 6.42 Å². The molecule has 0 saturated carbocycles. The Bertz CT molecular complexity index is 160. The van der Waals surface area contributed by atoms with E-state index in [1.807, 2.05) is 13.0 Å². The molecule has 0 saturated heterocycles. The highest BCUT2D eigenvalue weighted by Gasteiger charge is 2.14. The van der Waals surface area contributed by atoms with E-state index in [0.717, 1.165) is 6.42 Å². The average Bonchev–Trinajstić information content (AvgIpc) is 1.97. The molecule has 0 fully saturated rings. The Labute approximate surface area is 66.6 Å². The van der Waals surface area contributed by atoms with Crippen LogP contribution in [0.3, 0.4) is 0 Å². The summed E-state index contributed by atoms with van der Waals surface area (Å²) in [6, 6.07) is 1.95. The summed E-state index contributed by atoms with van der Waals surface area (Å²) in [5.74, 6) is -1.10. The molecular weight excluding hydrogens is 142 g/mol. The molecule has 0 spiro atoms. The third-order valence-corrected chi connectivity index (χ3v) is 1.59. The molecule has 1 N–H and O–H groups in total. The summed E-state index contributed by atoms with van der Waals surface area (Å²) < 4.78 is 0. The van der Waals surface area contributed by atoms with Crippen LogP contribution in [0.2, 0.25) is 0 Å². The van der Waals surface area contributed by atoms with Crippen molar-refractivity contribution in [1.29, 1.82) is 5.26 Å². The second kappa shape index (κ2) is 5.72. The van der Waals surface area contributed by atoms with E-state index in [0.29, 0.717) is 19.3 Å². The van der Waals surface area contributed by atoms with E-state index < -0.39 is 5.97 Å². The van der Waals surface area contributed by atoms with Gasteiger partial charge in [-0.3, -0.25) is 4.79 Å². The molecule has 0 aliphatic carbocycles. The van der Waals surface area contributed by atoms with Crippen LogP contribution < -0.4 is 0 Å². The van der Waals surface area contributed by atoms with Gasteiger partial charge in [-0.1, -0.05) is 13.3 Å². The topological polar surface area (TPSA) is 61.1 Å². The number of nitrogens with zero attached hydrogens (tertiary/aromatic N) is 1. The van der Waals surface area contributed by atoms with Gasteiger partial charge in [0.1, 0.15) is 0 Å². The van der Waals surface area contributed by atoms with Crippen LogP contribution in [0.25, 0.3) is 0 Å². The molecule has 3 nitrogen and oxygen atoms in total. The first-order chi connectivity index (χ1) is 5.22. The van der Waals surface area contributed by atoms with Gasteiger partial charge in [-0.2, -0.15) is 5.26 Å². The van der Waals surface area contributed by atoms with Crippen molar-refractivity contribution < 1.29 is 9.90 Å². The fraction of sp³-hybridized carbons (Fsp3) is 0.750. The third-order valence-electron chi connectivity index (χ3n) is 1.59. The summed E-state index contributed by atoms with van der Waals surface area (Å²) >= 11 is 0. The Hall–Kier alpha value is -1.04. The molecule has 1 atom stereocenters. The summed E-state index contributed by atoms with van der Waals surface area (Å²) in [5, 5.41) is 16.8. The number of rotatable bonds is 5. The zero-order chi connectivity index (χ0) is 8.69. The Kier molecular flexibility index (Phi) is 5.18. The molecule has 0 aliphatic heterocycles. The van der Waals surface area contributed by atoms with Crippen molar-refractivity contribution in [1.82, 2.24) is 0 Å². The van der Waals surface area contributed by atoms with Gasteiger partial charge in [-0.15, -0.1) is 0 Å². The maximum Gasteiger partial charge on any atom is 0.306 e. The van der Waals surface area contributed by atoms with Crippen molar-refractivity contribution in [3.05, 3.63) is 0 Å². The highest BCUT2D eigenvalue weighted by Crippen LogP contribution is 2.12. The van der Waals surface area contributed by atoms with Gasteiger partial charge in [-0.25, -0.2) is 0 Å². The minimum Gasteiger partial charge on any atom is -0.481 e. The van der Waals surface area contributed by atoms with Crippen molar-refractivity contribution in [2.24, 2.45) is 5.92 Å². The molecule has 1 unspecified atom stereocenters. The zero-order valence-electron chi connectivity index (χ0n) is 6.71. The number of carbonyl (C=O) groups is 1. The van der Waals surface area contributed by atoms with Crippen LogP contribution in [0.1, 0.15) is 32.6 Å². The largest absolute Gasteiger partial charge is 0.481 e. The fourth-order valence-corrected chi connectivity index (χ4v) is 0.979. The van der Waals surface area contributed by atoms with Crippen LogP contribution in [0.4, 0.5) is 0 Å². The van der Waals surface area contributed by atoms with Crippen molar-refractivity contribution in [3.63, 3.8) is 0 Å². The van der Waals surface area contributed by atoms with E-state index in [-0.39, 0.29) is 5.92 Å². The minimum atomic E-state index is -0.776. The lowest BCUT2D eigenvalue weighted by atomic mass is 9.99. The Morgan fingerprint density at radius 3 is 2.64 bits per heavy atom. The number of hydrogen-bond acceptors (Lipinski definition) is 2. The quantitative estimate of drug-likeness (QED) is 0.658. The number of nitriles is 1. The lowest BCUT2D eigenvalue weighted by Crippen LogP contribution is -2.12. The van der Waals surface area contributed by atoms with E-state index in [9.17, 15) is 4.79 Å². The first-order valence-corrected chi connectivity index (χ1v) is 3.82. The second-order valence-electron chi connectivity index (χ2n) is 2.52. The molecule has 0 aromatic carbocycles. The van der Waals surface area contributed by atoms with Crippen LogP contribution in [0, 0.1) is 17.2 Å². The maximum atomic E-state index is 10.5. The SMILES string of the molecule is CCCC(CCC#N)C(=O)O. The summed E-state index contributed by atoms with van der Waals surface area (Å²) in [5.41, 5.74) is 0. The van der Waals surface area contributed by atoms with Crippen LogP contribution >= 0.6 is 0 Å².